The molecule has 1 unspecified atom stereocenters. The lowest BCUT2D eigenvalue weighted by molar-refractivity contribution is -0.121. The molecule has 5 rings (SSSR count). The van der Waals surface area contributed by atoms with Gasteiger partial charge in [-0.1, -0.05) is 26.2 Å². The standard InChI is InChI=1S/C25H34N6O3/c1-25(9-10-25)21(17-4-3-5-17)22(29-23(32)19-8-11-27-30(19)2)24(33)28-18-6-7-20(26-16-18)31-12-14-34-15-13-31/h6-8,11,16-17,21-22H,3-5,9-10,12-15H2,1-2H3,(H,28,33)(H,29,32)/t21?,22-/m0/s1. The highest BCUT2D eigenvalue weighted by Gasteiger charge is 2.54. The van der Waals surface area contributed by atoms with Crippen LogP contribution in [0.2, 0.25) is 0 Å². The van der Waals surface area contributed by atoms with E-state index < -0.39 is 6.04 Å². The minimum absolute atomic E-state index is 0.0886. The third-order valence-electron chi connectivity index (χ3n) is 7.83. The Kier molecular flexibility index (Phi) is 6.29. The Bertz CT molecular complexity index is 1020. The number of nitrogens with one attached hydrogen (secondary N) is 2. The summed E-state index contributed by atoms with van der Waals surface area (Å²) < 4.78 is 6.95. The molecular formula is C25H34N6O3. The summed E-state index contributed by atoms with van der Waals surface area (Å²) >= 11 is 0. The number of hydrogen-bond acceptors (Lipinski definition) is 6. The van der Waals surface area contributed by atoms with Crippen molar-refractivity contribution in [3.05, 3.63) is 36.3 Å². The molecule has 182 valence electrons. The average molecular weight is 467 g/mol. The Morgan fingerprint density at radius 1 is 1.18 bits per heavy atom. The fourth-order valence-electron chi connectivity index (χ4n) is 5.36. The van der Waals surface area contributed by atoms with Gasteiger partial charge in [0.25, 0.3) is 5.91 Å². The number of ether oxygens (including phenoxy) is 1. The predicted octanol–water partition coefficient (Wildman–Crippen LogP) is 2.61. The molecule has 1 aliphatic heterocycles. The first-order valence-electron chi connectivity index (χ1n) is 12.3. The van der Waals surface area contributed by atoms with Gasteiger partial charge in [-0.2, -0.15) is 5.10 Å². The van der Waals surface area contributed by atoms with Crippen LogP contribution >= 0.6 is 0 Å². The maximum absolute atomic E-state index is 13.6. The van der Waals surface area contributed by atoms with Gasteiger partial charge in [0.2, 0.25) is 5.91 Å². The zero-order valence-corrected chi connectivity index (χ0v) is 20.0. The van der Waals surface area contributed by atoms with Crippen molar-refractivity contribution in [1.29, 1.82) is 0 Å². The van der Waals surface area contributed by atoms with Crippen molar-refractivity contribution in [2.24, 2.45) is 24.3 Å². The number of amides is 2. The second kappa shape index (κ2) is 9.37. The highest BCUT2D eigenvalue weighted by atomic mass is 16.5. The number of pyridine rings is 1. The number of hydrogen-bond donors (Lipinski definition) is 2. The lowest BCUT2D eigenvalue weighted by Crippen LogP contribution is -2.54. The topological polar surface area (TPSA) is 101 Å². The van der Waals surface area contributed by atoms with Gasteiger partial charge in [-0.25, -0.2) is 4.98 Å². The molecule has 2 aromatic heterocycles. The molecule has 3 fully saturated rings. The van der Waals surface area contributed by atoms with Crippen LogP contribution < -0.4 is 15.5 Å². The Hall–Kier alpha value is -2.94. The van der Waals surface area contributed by atoms with Crippen molar-refractivity contribution < 1.29 is 14.3 Å². The molecule has 2 aliphatic carbocycles. The van der Waals surface area contributed by atoms with E-state index in [1.807, 2.05) is 12.1 Å². The molecule has 0 radical (unpaired) electrons. The summed E-state index contributed by atoms with van der Waals surface area (Å²) in [7, 11) is 1.73. The maximum atomic E-state index is 13.6. The summed E-state index contributed by atoms with van der Waals surface area (Å²) in [5.41, 5.74) is 1.17. The van der Waals surface area contributed by atoms with E-state index in [9.17, 15) is 9.59 Å². The molecule has 9 nitrogen and oxygen atoms in total. The van der Waals surface area contributed by atoms with Gasteiger partial charge in [0, 0.05) is 26.3 Å². The van der Waals surface area contributed by atoms with Crippen LogP contribution in [0.3, 0.4) is 0 Å². The van der Waals surface area contributed by atoms with Crippen LogP contribution in [-0.4, -0.2) is 58.9 Å². The van der Waals surface area contributed by atoms with Gasteiger partial charge in [-0.05, 0) is 48.3 Å². The van der Waals surface area contributed by atoms with E-state index in [0.717, 1.165) is 44.6 Å². The van der Waals surface area contributed by atoms with Crippen molar-refractivity contribution >= 4 is 23.3 Å². The molecule has 0 bridgehead atoms. The molecule has 2 saturated carbocycles. The molecule has 2 aromatic rings. The maximum Gasteiger partial charge on any atom is 0.270 e. The van der Waals surface area contributed by atoms with Gasteiger partial charge in [-0.3, -0.25) is 14.3 Å². The number of morpholine rings is 1. The monoisotopic (exact) mass is 466 g/mol. The number of carbonyl (C=O) groups excluding carboxylic acids is 2. The minimum atomic E-state index is -0.612. The lowest BCUT2D eigenvalue weighted by Gasteiger charge is -2.42. The Labute approximate surface area is 200 Å². The van der Waals surface area contributed by atoms with Gasteiger partial charge >= 0.3 is 0 Å². The molecule has 2 N–H and O–H groups in total. The summed E-state index contributed by atoms with van der Waals surface area (Å²) in [5.74, 6) is 0.993. The summed E-state index contributed by atoms with van der Waals surface area (Å²) in [6, 6.07) is 4.87. The molecule has 3 heterocycles. The largest absolute Gasteiger partial charge is 0.378 e. The molecule has 0 aromatic carbocycles. The van der Waals surface area contributed by atoms with Crippen LogP contribution in [0.25, 0.3) is 0 Å². The van der Waals surface area contributed by atoms with Crippen LogP contribution in [0.15, 0.2) is 30.6 Å². The minimum Gasteiger partial charge on any atom is -0.378 e. The lowest BCUT2D eigenvalue weighted by atomic mass is 9.66. The predicted molar refractivity (Wildman–Crippen MR) is 129 cm³/mol. The molecular weight excluding hydrogens is 432 g/mol. The van der Waals surface area contributed by atoms with Gasteiger partial charge < -0.3 is 20.3 Å². The van der Waals surface area contributed by atoms with Crippen molar-refractivity contribution in [3.8, 4) is 0 Å². The van der Waals surface area contributed by atoms with E-state index in [1.54, 1.807) is 25.5 Å². The zero-order valence-electron chi connectivity index (χ0n) is 20.0. The van der Waals surface area contributed by atoms with E-state index in [2.05, 4.69) is 32.5 Å². The first-order chi connectivity index (χ1) is 16.4. The summed E-state index contributed by atoms with van der Waals surface area (Å²) in [5, 5.41) is 10.2. The fourth-order valence-corrected chi connectivity index (χ4v) is 5.36. The Balaban J connectivity index is 1.35. The molecule has 1 saturated heterocycles. The Morgan fingerprint density at radius 3 is 2.50 bits per heavy atom. The number of carbonyl (C=O) groups is 2. The number of rotatable bonds is 8. The molecule has 0 spiro atoms. The van der Waals surface area contributed by atoms with Crippen LogP contribution in [0.1, 0.15) is 49.5 Å². The van der Waals surface area contributed by atoms with Gasteiger partial charge in [0.05, 0.1) is 25.1 Å². The van der Waals surface area contributed by atoms with Gasteiger partial charge in [0.1, 0.15) is 17.6 Å². The average Bonchev–Trinajstić information content (AvgIpc) is 3.41. The van der Waals surface area contributed by atoms with E-state index in [-0.39, 0.29) is 23.1 Å². The van der Waals surface area contributed by atoms with Crippen molar-refractivity contribution in [1.82, 2.24) is 20.1 Å². The third kappa shape index (κ3) is 4.66. The molecule has 2 amide bonds. The van der Waals surface area contributed by atoms with Crippen LogP contribution in [-0.2, 0) is 16.6 Å². The van der Waals surface area contributed by atoms with Crippen molar-refractivity contribution in [2.75, 3.05) is 36.5 Å². The smallest absolute Gasteiger partial charge is 0.270 e. The summed E-state index contributed by atoms with van der Waals surface area (Å²) in [6.07, 6.45) is 8.89. The molecule has 3 aliphatic rings. The van der Waals surface area contributed by atoms with E-state index in [1.165, 1.54) is 11.1 Å². The first-order valence-corrected chi connectivity index (χ1v) is 12.3. The number of aromatic nitrogens is 3. The zero-order chi connectivity index (χ0) is 23.7. The van der Waals surface area contributed by atoms with Crippen molar-refractivity contribution in [3.63, 3.8) is 0 Å². The first kappa shape index (κ1) is 22.8. The molecule has 9 heteroatoms. The van der Waals surface area contributed by atoms with Gasteiger partial charge in [0.15, 0.2) is 0 Å². The van der Waals surface area contributed by atoms with Crippen LogP contribution in [0.4, 0.5) is 11.5 Å². The van der Waals surface area contributed by atoms with Crippen molar-refractivity contribution in [2.45, 2.75) is 45.1 Å². The number of anilines is 2. The van der Waals surface area contributed by atoms with Crippen LogP contribution in [0, 0.1) is 17.3 Å². The van der Waals surface area contributed by atoms with E-state index in [4.69, 9.17) is 4.74 Å². The van der Waals surface area contributed by atoms with Crippen LogP contribution in [0.5, 0.6) is 0 Å². The number of nitrogens with zero attached hydrogens (tertiary/aromatic N) is 4. The second-order valence-corrected chi connectivity index (χ2v) is 10.2. The fraction of sp³-hybridized carbons (Fsp3) is 0.600. The quantitative estimate of drug-likeness (QED) is 0.620. The summed E-state index contributed by atoms with van der Waals surface area (Å²) in [6.45, 7) is 5.26. The number of aryl methyl sites for hydroxylation is 1. The highest BCUT2D eigenvalue weighted by Crippen LogP contribution is 2.58. The molecule has 34 heavy (non-hydrogen) atoms. The van der Waals surface area contributed by atoms with E-state index >= 15 is 0 Å². The summed E-state index contributed by atoms with van der Waals surface area (Å²) in [4.78, 5) is 33.5. The van der Waals surface area contributed by atoms with Gasteiger partial charge in [-0.15, -0.1) is 0 Å². The SMILES string of the molecule is Cn1nccc1C(=O)N[C@H](C(=O)Nc1ccc(N2CCOCC2)nc1)C(C1CCC1)C1(C)CC1. The molecule has 2 atom stereocenters. The second-order valence-electron chi connectivity index (χ2n) is 10.2. The normalized spacial score (nSPS) is 21.3. The highest BCUT2D eigenvalue weighted by molar-refractivity contribution is 6.00. The Morgan fingerprint density at radius 2 is 1.94 bits per heavy atom. The van der Waals surface area contributed by atoms with E-state index in [0.29, 0.717) is 30.5 Å². The third-order valence-corrected chi connectivity index (χ3v) is 7.83.